The Balaban J connectivity index is 2.73. The number of amides is 1. The van der Waals surface area contributed by atoms with Gasteiger partial charge in [-0.1, -0.05) is 34.8 Å². The third-order valence-corrected chi connectivity index (χ3v) is 2.89. The molecule has 0 aliphatic carbocycles. The molecule has 102 valence electrons. The molecule has 0 aliphatic heterocycles. The molecule has 0 fully saturated rings. The first-order valence-corrected chi connectivity index (χ1v) is 6.23. The van der Waals surface area contributed by atoms with Crippen LogP contribution < -0.4 is 5.43 Å². The highest BCUT2D eigenvalue weighted by Crippen LogP contribution is 2.28. The van der Waals surface area contributed by atoms with Gasteiger partial charge in [0.25, 0.3) is 0 Å². The average Bonchev–Trinajstić information content (AvgIpc) is 2.35. The second-order valence-electron chi connectivity index (χ2n) is 3.21. The van der Waals surface area contributed by atoms with Crippen LogP contribution in [0.15, 0.2) is 17.2 Å². The minimum atomic E-state index is -1.02. The lowest BCUT2D eigenvalue weighted by Crippen LogP contribution is -2.28. The molecule has 1 aromatic rings. The molecule has 1 aromatic carbocycles. The highest BCUT2D eigenvalue weighted by atomic mass is 35.5. The maximum Gasteiger partial charge on any atom is 0.398 e. The summed E-state index contributed by atoms with van der Waals surface area (Å²) < 4.78 is 4.48. The summed E-state index contributed by atoms with van der Waals surface area (Å²) in [6, 6.07) is 2.98. The minimum Gasteiger partial charge on any atom is -0.459 e. The van der Waals surface area contributed by atoms with Gasteiger partial charge in [-0.3, -0.25) is 4.79 Å². The number of hydrogen-bond acceptors (Lipinski definition) is 4. The maximum atomic E-state index is 11.2. The lowest BCUT2D eigenvalue weighted by atomic mass is 10.2. The smallest absolute Gasteiger partial charge is 0.398 e. The van der Waals surface area contributed by atoms with Crippen molar-refractivity contribution in [3.63, 3.8) is 0 Å². The molecule has 5 nitrogen and oxygen atoms in total. The van der Waals surface area contributed by atoms with Crippen molar-refractivity contribution in [2.24, 2.45) is 5.10 Å². The Morgan fingerprint density at radius 1 is 1.37 bits per heavy atom. The SMILES string of the molecule is CCOC(=O)C(=O)N/N=C/c1cc(Cl)cc(Cl)c1Cl. The predicted octanol–water partition coefficient (Wildman–Crippen LogP) is 2.66. The van der Waals surface area contributed by atoms with E-state index in [2.05, 4.69) is 9.84 Å². The van der Waals surface area contributed by atoms with Gasteiger partial charge in [-0.15, -0.1) is 0 Å². The quantitative estimate of drug-likeness (QED) is 0.306. The lowest BCUT2D eigenvalue weighted by molar-refractivity contribution is -0.154. The van der Waals surface area contributed by atoms with Crippen LogP contribution in [0.25, 0.3) is 0 Å². The Labute approximate surface area is 124 Å². The Hall–Kier alpha value is -1.30. The van der Waals surface area contributed by atoms with Gasteiger partial charge in [0.05, 0.1) is 22.9 Å². The topological polar surface area (TPSA) is 67.8 Å². The number of nitrogens with one attached hydrogen (secondary N) is 1. The maximum absolute atomic E-state index is 11.2. The fourth-order valence-corrected chi connectivity index (χ4v) is 1.74. The van der Waals surface area contributed by atoms with Gasteiger partial charge in [0.1, 0.15) is 0 Å². The van der Waals surface area contributed by atoms with Gasteiger partial charge >= 0.3 is 11.9 Å². The highest BCUT2D eigenvalue weighted by molar-refractivity contribution is 6.44. The Kier molecular flexibility index (Phi) is 6.08. The monoisotopic (exact) mass is 322 g/mol. The van der Waals surface area contributed by atoms with E-state index in [0.717, 1.165) is 0 Å². The molecule has 0 saturated heterocycles. The molecule has 0 unspecified atom stereocenters. The van der Waals surface area contributed by atoms with Crippen molar-refractivity contribution in [3.8, 4) is 0 Å². The van der Waals surface area contributed by atoms with Crippen LogP contribution in [-0.2, 0) is 14.3 Å². The number of hydrazone groups is 1. The molecule has 0 saturated carbocycles. The zero-order valence-electron chi connectivity index (χ0n) is 9.75. The van der Waals surface area contributed by atoms with E-state index in [1.807, 2.05) is 5.43 Å². The zero-order chi connectivity index (χ0) is 14.4. The van der Waals surface area contributed by atoms with Crippen molar-refractivity contribution in [2.45, 2.75) is 6.92 Å². The van der Waals surface area contributed by atoms with Crippen molar-refractivity contribution in [1.29, 1.82) is 0 Å². The highest BCUT2D eigenvalue weighted by Gasteiger charge is 2.13. The van der Waals surface area contributed by atoms with Gasteiger partial charge in [-0.05, 0) is 19.1 Å². The zero-order valence-corrected chi connectivity index (χ0v) is 12.0. The van der Waals surface area contributed by atoms with Crippen molar-refractivity contribution in [3.05, 3.63) is 32.8 Å². The summed E-state index contributed by atoms with van der Waals surface area (Å²) in [5.74, 6) is -2.00. The number of rotatable bonds is 3. The summed E-state index contributed by atoms with van der Waals surface area (Å²) >= 11 is 17.5. The first kappa shape index (κ1) is 15.8. The molecule has 0 aliphatic rings. The molecule has 19 heavy (non-hydrogen) atoms. The van der Waals surface area contributed by atoms with Gasteiger partial charge in [-0.2, -0.15) is 5.10 Å². The number of esters is 1. The molecule has 0 spiro atoms. The molecule has 1 rings (SSSR count). The molecule has 0 heterocycles. The fourth-order valence-electron chi connectivity index (χ4n) is 1.07. The molecule has 1 amide bonds. The minimum absolute atomic E-state index is 0.103. The predicted molar refractivity (Wildman–Crippen MR) is 73.8 cm³/mol. The number of nitrogens with zero attached hydrogens (tertiary/aromatic N) is 1. The number of ether oxygens (including phenoxy) is 1. The molecule has 0 radical (unpaired) electrons. The van der Waals surface area contributed by atoms with E-state index in [-0.39, 0.29) is 16.7 Å². The van der Waals surface area contributed by atoms with Crippen molar-refractivity contribution < 1.29 is 14.3 Å². The van der Waals surface area contributed by atoms with E-state index < -0.39 is 11.9 Å². The normalized spacial score (nSPS) is 10.5. The Morgan fingerprint density at radius 3 is 2.68 bits per heavy atom. The van der Waals surface area contributed by atoms with Crippen LogP contribution in [0.5, 0.6) is 0 Å². The number of hydrogen-bond donors (Lipinski definition) is 1. The van der Waals surface area contributed by atoms with E-state index in [4.69, 9.17) is 34.8 Å². The van der Waals surface area contributed by atoms with Crippen molar-refractivity contribution in [1.82, 2.24) is 5.43 Å². The van der Waals surface area contributed by atoms with Crippen LogP contribution in [0, 0.1) is 0 Å². The van der Waals surface area contributed by atoms with Crippen LogP contribution in [0.1, 0.15) is 12.5 Å². The number of carbonyl (C=O) groups is 2. The first-order chi connectivity index (χ1) is 8.95. The molecular weight excluding hydrogens is 314 g/mol. The second-order valence-corrected chi connectivity index (χ2v) is 4.43. The Morgan fingerprint density at radius 2 is 2.05 bits per heavy atom. The van der Waals surface area contributed by atoms with Gasteiger partial charge in [0.2, 0.25) is 0 Å². The van der Waals surface area contributed by atoms with E-state index >= 15 is 0 Å². The van der Waals surface area contributed by atoms with Crippen LogP contribution in [-0.4, -0.2) is 24.7 Å². The fraction of sp³-hybridized carbons (Fsp3) is 0.182. The summed E-state index contributed by atoms with van der Waals surface area (Å²) in [5.41, 5.74) is 2.40. The van der Waals surface area contributed by atoms with E-state index in [1.165, 1.54) is 18.3 Å². The average molecular weight is 324 g/mol. The van der Waals surface area contributed by atoms with Crippen LogP contribution >= 0.6 is 34.8 Å². The lowest BCUT2D eigenvalue weighted by Gasteiger charge is -2.02. The van der Waals surface area contributed by atoms with E-state index in [1.54, 1.807) is 6.92 Å². The van der Waals surface area contributed by atoms with E-state index in [0.29, 0.717) is 10.6 Å². The Bertz CT molecular complexity index is 532. The van der Waals surface area contributed by atoms with E-state index in [9.17, 15) is 9.59 Å². The molecule has 0 aromatic heterocycles. The second kappa shape index (κ2) is 7.33. The molecule has 0 bridgehead atoms. The number of halogens is 3. The van der Waals surface area contributed by atoms with Gasteiger partial charge < -0.3 is 4.74 Å². The number of benzene rings is 1. The largest absolute Gasteiger partial charge is 0.459 e. The third-order valence-electron chi connectivity index (χ3n) is 1.85. The van der Waals surface area contributed by atoms with Crippen LogP contribution in [0.2, 0.25) is 15.1 Å². The summed E-state index contributed by atoms with van der Waals surface area (Å²) in [6.45, 7) is 1.69. The summed E-state index contributed by atoms with van der Waals surface area (Å²) in [6.07, 6.45) is 1.22. The standard InChI is InChI=1S/C11H9Cl3N2O3/c1-2-19-11(18)10(17)16-15-5-6-3-7(12)4-8(13)9(6)14/h3-5H,2H2,1H3,(H,16,17)/b15-5+. The molecule has 8 heteroatoms. The van der Waals surface area contributed by atoms with Gasteiger partial charge in [0.15, 0.2) is 0 Å². The summed E-state index contributed by atoms with van der Waals surface area (Å²) in [4.78, 5) is 22.1. The summed E-state index contributed by atoms with van der Waals surface area (Å²) in [5, 5.41) is 4.42. The molecular formula is C11H9Cl3N2O3. The molecule has 0 atom stereocenters. The van der Waals surface area contributed by atoms with Gasteiger partial charge in [-0.25, -0.2) is 10.2 Å². The number of carbonyl (C=O) groups excluding carboxylic acids is 2. The summed E-state index contributed by atoms with van der Waals surface area (Å²) in [7, 11) is 0. The van der Waals surface area contributed by atoms with Gasteiger partial charge in [0, 0.05) is 10.6 Å². The molecule has 1 N–H and O–H groups in total. The van der Waals surface area contributed by atoms with Crippen LogP contribution in [0.4, 0.5) is 0 Å². The van der Waals surface area contributed by atoms with Crippen LogP contribution in [0.3, 0.4) is 0 Å². The van der Waals surface area contributed by atoms with Crippen molar-refractivity contribution in [2.75, 3.05) is 6.61 Å². The first-order valence-electron chi connectivity index (χ1n) is 5.10. The third kappa shape index (κ3) is 4.70. The van der Waals surface area contributed by atoms with Crippen molar-refractivity contribution >= 4 is 52.9 Å².